The molecular weight excluding hydrogens is 488 g/mol. The van der Waals surface area contributed by atoms with Crippen LogP contribution in [0.3, 0.4) is 0 Å². The summed E-state index contributed by atoms with van der Waals surface area (Å²) in [6, 6.07) is 21.8. The molecular formula is C34H26O5. The highest BCUT2D eigenvalue weighted by atomic mass is 16.6. The SMILES string of the molecule is C#Cc1ccc(C#Cc2ccc(C#Cc3ccc(C(=O)OCC4(CO)CC(=C(C)C)C(=O)O4)cc3)cc2)cc1. The summed E-state index contributed by atoms with van der Waals surface area (Å²) < 4.78 is 10.7. The summed E-state index contributed by atoms with van der Waals surface area (Å²) in [5.74, 6) is 13.9. The van der Waals surface area contributed by atoms with E-state index in [9.17, 15) is 14.7 Å². The van der Waals surface area contributed by atoms with Gasteiger partial charge in [-0.2, -0.15) is 0 Å². The molecule has 1 saturated heterocycles. The first-order valence-electron chi connectivity index (χ1n) is 12.3. The summed E-state index contributed by atoms with van der Waals surface area (Å²) in [7, 11) is 0. The molecule has 3 aromatic carbocycles. The fraction of sp³-hybridized carbons (Fsp3) is 0.176. The van der Waals surface area contributed by atoms with E-state index in [1.807, 2.05) is 48.5 Å². The first-order chi connectivity index (χ1) is 18.8. The molecule has 1 atom stereocenters. The molecule has 1 fully saturated rings. The van der Waals surface area contributed by atoms with Crippen molar-refractivity contribution < 1.29 is 24.2 Å². The maximum Gasteiger partial charge on any atom is 0.338 e. The van der Waals surface area contributed by atoms with Gasteiger partial charge in [-0.1, -0.05) is 35.2 Å². The molecule has 1 aliphatic heterocycles. The third-order valence-corrected chi connectivity index (χ3v) is 6.17. The Morgan fingerprint density at radius 2 is 1.28 bits per heavy atom. The highest BCUT2D eigenvalue weighted by Crippen LogP contribution is 2.33. The van der Waals surface area contributed by atoms with E-state index < -0.39 is 24.1 Å². The molecule has 0 bridgehead atoms. The molecule has 1 aliphatic rings. The van der Waals surface area contributed by atoms with E-state index >= 15 is 0 Å². The first-order valence-corrected chi connectivity index (χ1v) is 12.3. The Labute approximate surface area is 228 Å². The van der Waals surface area contributed by atoms with Gasteiger partial charge in [0.1, 0.15) is 6.61 Å². The maximum absolute atomic E-state index is 12.5. The molecule has 0 saturated carbocycles. The van der Waals surface area contributed by atoms with Crippen molar-refractivity contribution in [3.8, 4) is 36.0 Å². The van der Waals surface area contributed by atoms with Gasteiger partial charge in [0.05, 0.1) is 12.2 Å². The van der Waals surface area contributed by atoms with Crippen LogP contribution in [-0.4, -0.2) is 35.9 Å². The highest BCUT2D eigenvalue weighted by molar-refractivity contribution is 5.92. The van der Waals surface area contributed by atoms with Crippen molar-refractivity contribution in [2.24, 2.45) is 0 Å². The molecule has 1 N–H and O–H groups in total. The van der Waals surface area contributed by atoms with E-state index in [0.29, 0.717) is 11.1 Å². The average Bonchev–Trinajstić information content (AvgIpc) is 3.32. The molecule has 4 rings (SSSR count). The highest BCUT2D eigenvalue weighted by Gasteiger charge is 2.45. The minimum Gasteiger partial charge on any atom is -0.458 e. The Balaban J connectivity index is 1.34. The fourth-order valence-electron chi connectivity index (χ4n) is 3.83. The average molecular weight is 515 g/mol. The van der Waals surface area contributed by atoms with Crippen molar-refractivity contribution in [2.75, 3.05) is 13.2 Å². The molecule has 0 spiro atoms. The number of aliphatic hydroxyl groups is 1. The van der Waals surface area contributed by atoms with Crippen LogP contribution in [0.25, 0.3) is 0 Å². The molecule has 5 heteroatoms. The molecule has 5 nitrogen and oxygen atoms in total. The number of hydrogen-bond donors (Lipinski definition) is 1. The van der Waals surface area contributed by atoms with Crippen LogP contribution in [0.4, 0.5) is 0 Å². The first kappa shape index (κ1) is 27.0. The second-order valence-corrected chi connectivity index (χ2v) is 9.34. The Kier molecular flexibility index (Phi) is 8.33. The van der Waals surface area contributed by atoms with Gasteiger partial charge in [-0.05, 0) is 86.6 Å². The summed E-state index contributed by atoms with van der Waals surface area (Å²) in [5.41, 5.74) is 4.53. The van der Waals surface area contributed by atoms with Crippen LogP contribution in [0.2, 0.25) is 0 Å². The van der Waals surface area contributed by atoms with Crippen molar-refractivity contribution in [1.82, 2.24) is 0 Å². The van der Waals surface area contributed by atoms with Gasteiger partial charge in [-0.25, -0.2) is 9.59 Å². The Morgan fingerprint density at radius 3 is 1.67 bits per heavy atom. The molecule has 192 valence electrons. The zero-order valence-electron chi connectivity index (χ0n) is 21.7. The van der Waals surface area contributed by atoms with Gasteiger partial charge in [0, 0.05) is 39.8 Å². The second-order valence-electron chi connectivity index (χ2n) is 9.34. The van der Waals surface area contributed by atoms with Crippen LogP contribution in [0.5, 0.6) is 0 Å². The lowest BCUT2D eigenvalue weighted by atomic mass is 9.97. The largest absolute Gasteiger partial charge is 0.458 e. The number of esters is 2. The second kappa shape index (κ2) is 12.0. The van der Waals surface area contributed by atoms with Gasteiger partial charge < -0.3 is 14.6 Å². The Hall–Kier alpha value is -5.02. The number of rotatable bonds is 4. The number of carbonyl (C=O) groups excluding carboxylic acids is 2. The lowest BCUT2D eigenvalue weighted by Crippen LogP contribution is -2.39. The van der Waals surface area contributed by atoms with Crippen molar-refractivity contribution in [1.29, 1.82) is 0 Å². The van der Waals surface area contributed by atoms with Crippen LogP contribution in [0, 0.1) is 36.0 Å². The number of cyclic esters (lactones) is 1. The van der Waals surface area contributed by atoms with E-state index in [0.717, 1.165) is 33.4 Å². The van der Waals surface area contributed by atoms with Gasteiger partial charge in [-0.3, -0.25) is 0 Å². The molecule has 0 radical (unpaired) electrons. The third-order valence-electron chi connectivity index (χ3n) is 6.17. The lowest BCUT2D eigenvalue weighted by molar-refractivity contribution is -0.154. The molecule has 3 aromatic rings. The summed E-state index contributed by atoms with van der Waals surface area (Å²) in [6.07, 6.45) is 5.57. The minimum absolute atomic E-state index is 0.195. The number of allylic oxidation sites excluding steroid dienone is 1. The molecule has 1 heterocycles. The molecule has 1 unspecified atom stereocenters. The van der Waals surface area contributed by atoms with Gasteiger partial charge in [-0.15, -0.1) is 6.42 Å². The lowest BCUT2D eigenvalue weighted by Gasteiger charge is -2.24. The molecule has 0 amide bonds. The maximum atomic E-state index is 12.5. The predicted molar refractivity (Wildman–Crippen MR) is 148 cm³/mol. The van der Waals surface area contributed by atoms with E-state index in [4.69, 9.17) is 15.9 Å². The Morgan fingerprint density at radius 1 is 0.846 bits per heavy atom. The normalized spacial score (nSPS) is 15.6. The standard InChI is InChI=1S/C34H26O5/c1-4-25-5-7-26(8-6-25)9-10-27-11-13-28(14-12-27)15-16-29-17-19-30(20-18-29)32(36)38-23-34(22-35)21-31(24(2)3)33(37)39-34/h1,5-8,11-14,17-20,35H,21-23H2,2-3H3. The number of benzene rings is 3. The summed E-state index contributed by atoms with van der Waals surface area (Å²) in [5, 5.41) is 9.79. The van der Waals surface area contributed by atoms with Crippen molar-refractivity contribution >= 4 is 11.9 Å². The van der Waals surface area contributed by atoms with E-state index in [-0.39, 0.29) is 13.0 Å². The number of aliphatic hydroxyl groups excluding tert-OH is 1. The van der Waals surface area contributed by atoms with E-state index in [1.165, 1.54) is 0 Å². The van der Waals surface area contributed by atoms with Crippen LogP contribution in [0.15, 0.2) is 83.9 Å². The monoisotopic (exact) mass is 514 g/mol. The van der Waals surface area contributed by atoms with Crippen LogP contribution >= 0.6 is 0 Å². The minimum atomic E-state index is -1.25. The number of terminal acetylenes is 1. The van der Waals surface area contributed by atoms with Crippen molar-refractivity contribution in [3.63, 3.8) is 0 Å². The van der Waals surface area contributed by atoms with Crippen LogP contribution < -0.4 is 0 Å². The topological polar surface area (TPSA) is 72.8 Å². The molecule has 0 aliphatic carbocycles. The predicted octanol–water partition coefficient (Wildman–Crippen LogP) is 4.64. The number of hydrogen-bond acceptors (Lipinski definition) is 5. The molecule has 39 heavy (non-hydrogen) atoms. The number of ether oxygens (including phenoxy) is 2. The van der Waals surface area contributed by atoms with Gasteiger partial charge in [0.2, 0.25) is 0 Å². The summed E-state index contributed by atoms with van der Waals surface area (Å²) in [4.78, 5) is 24.6. The van der Waals surface area contributed by atoms with Crippen LogP contribution in [-0.2, 0) is 14.3 Å². The van der Waals surface area contributed by atoms with E-state index in [1.54, 1.807) is 38.1 Å². The van der Waals surface area contributed by atoms with Crippen molar-refractivity contribution in [2.45, 2.75) is 25.9 Å². The van der Waals surface area contributed by atoms with Gasteiger partial charge in [0.25, 0.3) is 0 Å². The molecule has 0 aromatic heterocycles. The summed E-state index contributed by atoms with van der Waals surface area (Å²) >= 11 is 0. The third kappa shape index (κ3) is 6.85. The summed E-state index contributed by atoms with van der Waals surface area (Å²) in [6.45, 7) is 2.93. The zero-order valence-corrected chi connectivity index (χ0v) is 21.7. The van der Waals surface area contributed by atoms with Gasteiger partial charge in [0.15, 0.2) is 5.60 Å². The van der Waals surface area contributed by atoms with Gasteiger partial charge >= 0.3 is 11.9 Å². The number of carbonyl (C=O) groups is 2. The fourth-order valence-corrected chi connectivity index (χ4v) is 3.83. The smallest absolute Gasteiger partial charge is 0.338 e. The quantitative estimate of drug-likeness (QED) is 0.312. The zero-order chi connectivity index (χ0) is 27.8. The van der Waals surface area contributed by atoms with E-state index in [2.05, 4.69) is 29.6 Å². The Bertz CT molecular complexity index is 1580. The van der Waals surface area contributed by atoms with Crippen molar-refractivity contribution in [3.05, 3.63) is 117 Å². The van der Waals surface area contributed by atoms with Crippen LogP contribution in [0.1, 0.15) is 58.4 Å².